The number of hydrogen-bond donors (Lipinski definition) is 3. The summed E-state index contributed by atoms with van der Waals surface area (Å²) in [6.45, 7) is -0.00698. The lowest BCUT2D eigenvalue weighted by Gasteiger charge is -2.19. The van der Waals surface area contributed by atoms with Crippen molar-refractivity contribution < 1.29 is 19.5 Å². The molecule has 0 unspecified atom stereocenters. The molecule has 0 spiro atoms. The highest BCUT2D eigenvalue weighted by Crippen LogP contribution is 2.02. The van der Waals surface area contributed by atoms with E-state index >= 15 is 0 Å². The molecule has 0 radical (unpaired) electrons. The smallest absolute Gasteiger partial charge is 0.323 e. The number of nitrogens with one attached hydrogen (secondary N) is 1. The summed E-state index contributed by atoms with van der Waals surface area (Å²) in [5.74, 6) is 0.292. The van der Waals surface area contributed by atoms with Crippen LogP contribution in [0.1, 0.15) is 0 Å². The highest BCUT2D eigenvalue weighted by atomic mass is 16.5. The first-order valence-corrected chi connectivity index (χ1v) is 4.46. The Kier molecular flexibility index (Phi) is 4.58. The van der Waals surface area contributed by atoms with Crippen molar-refractivity contribution in [3.63, 3.8) is 0 Å². The molecule has 1 heterocycles. The second-order valence-corrected chi connectivity index (χ2v) is 2.75. The fourth-order valence-corrected chi connectivity index (χ4v) is 1.02. The summed E-state index contributed by atoms with van der Waals surface area (Å²) < 4.78 is 4.53. The third kappa shape index (κ3) is 3.56. The van der Waals surface area contributed by atoms with Gasteiger partial charge in [-0.2, -0.15) is 0 Å². The molecule has 0 aliphatic carbocycles. The van der Waals surface area contributed by atoms with Crippen LogP contribution in [0.4, 0.5) is 10.6 Å². The van der Waals surface area contributed by atoms with Crippen molar-refractivity contribution in [3.8, 4) is 0 Å². The van der Waals surface area contributed by atoms with Crippen LogP contribution in [-0.4, -0.2) is 52.6 Å². The van der Waals surface area contributed by atoms with E-state index in [9.17, 15) is 4.79 Å². The number of aliphatic hydroxyl groups is 2. The van der Waals surface area contributed by atoms with Crippen molar-refractivity contribution in [3.05, 3.63) is 12.3 Å². The zero-order valence-corrected chi connectivity index (χ0v) is 8.09. The Morgan fingerprint density at radius 2 is 2.13 bits per heavy atom. The van der Waals surface area contributed by atoms with Crippen molar-refractivity contribution in [2.75, 3.05) is 31.6 Å². The van der Waals surface area contributed by atoms with Crippen LogP contribution in [-0.2, 0) is 0 Å². The third-order valence-corrected chi connectivity index (χ3v) is 1.70. The molecule has 1 aromatic heterocycles. The van der Waals surface area contributed by atoms with Gasteiger partial charge in [-0.15, -0.1) is 0 Å². The number of anilines is 1. The minimum atomic E-state index is -0.438. The molecule has 0 atom stereocenters. The quantitative estimate of drug-likeness (QED) is 0.614. The summed E-state index contributed by atoms with van der Waals surface area (Å²) in [4.78, 5) is 12.8. The van der Waals surface area contributed by atoms with Crippen molar-refractivity contribution in [2.24, 2.45) is 0 Å². The fraction of sp³-hybridized carbons (Fsp3) is 0.500. The van der Waals surface area contributed by atoms with E-state index in [2.05, 4.69) is 15.0 Å². The number of amides is 2. The molecule has 15 heavy (non-hydrogen) atoms. The van der Waals surface area contributed by atoms with Gasteiger partial charge in [0.05, 0.1) is 13.2 Å². The molecule has 0 aliphatic heterocycles. The van der Waals surface area contributed by atoms with E-state index in [1.54, 1.807) is 0 Å². The Hall–Kier alpha value is -1.60. The Morgan fingerprint density at radius 3 is 2.60 bits per heavy atom. The predicted molar refractivity (Wildman–Crippen MR) is 51.3 cm³/mol. The number of aromatic nitrogens is 1. The lowest BCUT2D eigenvalue weighted by Crippen LogP contribution is -2.39. The molecule has 0 aromatic carbocycles. The van der Waals surface area contributed by atoms with E-state index < -0.39 is 6.03 Å². The van der Waals surface area contributed by atoms with Crippen LogP contribution in [0.15, 0.2) is 16.9 Å². The minimum Gasteiger partial charge on any atom is -0.395 e. The molecule has 2 amide bonds. The monoisotopic (exact) mass is 215 g/mol. The third-order valence-electron chi connectivity index (χ3n) is 1.70. The van der Waals surface area contributed by atoms with Gasteiger partial charge in [-0.25, -0.2) is 4.79 Å². The number of aliphatic hydroxyl groups excluding tert-OH is 2. The van der Waals surface area contributed by atoms with Crippen LogP contribution in [0.2, 0.25) is 0 Å². The summed E-state index contributed by atoms with van der Waals surface area (Å²) in [5.41, 5.74) is 0. The van der Waals surface area contributed by atoms with Gasteiger partial charge in [0.2, 0.25) is 0 Å². The average molecular weight is 215 g/mol. The van der Waals surface area contributed by atoms with Gasteiger partial charge in [0.15, 0.2) is 5.82 Å². The maximum atomic E-state index is 11.5. The maximum Gasteiger partial charge on any atom is 0.323 e. The predicted octanol–water partition coefficient (Wildman–Crippen LogP) is -0.507. The number of nitrogens with zero attached hydrogens (tertiary/aromatic N) is 2. The molecule has 0 bridgehead atoms. The average Bonchev–Trinajstić information content (AvgIpc) is 2.70. The molecule has 7 nitrogen and oxygen atoms in total. The fourth-order valence-electron chi connectivity index (χ4n) is 1.02. The van der Waals surface area contributed by atoms with E-state index in [-0.39, 0.29) is 26.3 Å². The summed E-state index contributed by atoms with van der Waals surface area (Å²) in [5, 5.41) is 23.4. The zero-order valence-electron chi connectivity index (χ0n) is 8.09. The molecule has 84 valence electrons. The van der Waals surface area contributed by atoms with Gasteiger partial charge in [-0.1, -0.05) is 5.16 Å². The minimum absolute atomic E-state index is 0.157. The highest BCUT2D eigenvalue weighted by Gasteiger charge is 2.13. The van der Waals surface area contributed by atoms with Gasteiger partial charge in [-0.05, 0) is 0 Å². The second-order valence-electron chi connectivity index (χ2n) is 2.75. The van der Waals surface area contributed by atoms with Crippen molar-refractivity contribution in [1.29, 1.82) is 0 Å². The first-order valence-electron chi connectivity index (χ1n) is 4.46. The van der Waals surface area contributed by atoms with Gasteiger partial charge in [-0.3, -0.25) is 5.32 Å². The van der Waals surface area contributed by atoms with Crippen LogP contribution in [0.5, 0.6) is 0 Å². The lowest BCUT2D eigenvalue weighted by molar-refractivity contribution is 0.167. The van der Waals surface area contributed by atoms with Crippen LogP contribution >= 0.6 is 0 Å². The molecule has 1 rings (SSSR count). The second kappa shape index (κ2) is 5.99. The van der Waals surface area contributed by atoms with Gasteiger partial charge < -0.3 is 19.6 Å². The topological polar surface area (TPSA) is 98.8 Å². The zero-order chi connectivity index (χ0) is 11.1. The van der Waals surface area contributed by atoms with Gasteiger partial charge in [0.1, 0.15) is 6.26 Å². The number of rotatable bonds is 5. The number of carbonyl (C=O) groups excluding carboxylic acids is 1. The lowest BCUT2D eigenvalue weighted by atomic mass is 10.5. The number of hydrogen-bond acceptors (Lipinski definition) is 5. The van der Waals surface area contributed by atoms with Gasteiger partial charge in [0, 0.05) is 19.2 Å². The van der Waals surface area contributed by atoms with Crippen LogP contribution in [0.3, 0.4) is 0 Å². The molecule has 0 aliphatic rings. The van der Waals surface area contributed by atoms with E-state index in [1.165, 1.54) is 17.2 Å². The van der Waals surface area contributed by atoms with Crippen molar-refractivity contribution in [2.45, 2.75) is 0 Å². The standard InChI is InChI=1S/C8H13N3O4/c12-4-2-11(3-5-13)8(14)9-7-1-6-15-10-7/h1,6,12-13H,2-5H2,(H,9,10,14). The molecular weight excluding hydrogens is 202 g/mol. The Labute approximate surface area is 86.3 Å². The molecular formula is C8H13N3O4. The van der Waals surface area contributed by atoms with Gasteiger partial charge in [0.25, 0.3) is 0 Å². The molecule has 0 saturated carbocycles. The highest BCUT2D eigenvalue weighted by molar-refractivity contribution is 5.88. The van der Waals surface area contributed by atoms with Crippen molar-refractivity contribution >= 4 is 11.8 Å². The van der Waals surface area contributed by atoms with Crippen LogP contribution in [0.25, 0.3) is 0 Å². The molecule has 3 N–H and O–H groups in total. The SMILES string of the molecule is O=C(Nc1ccon1)N(CCO)CCO. The summed E-state index contributed by atoms with van der Waals surface area (Å²) >= 11 is 0. The summed E-state index contributed by atoms with van der Waals surface area (Å²) in [6, 6.07) is 1.06. The Morgan fingerprint density at radius 1 is 1.47 bits per heavy atom. The van der Waals surface area contributed by atoms with E-state index in [0.717, 1.165) is 0 Å². The number of carbonyl (C=O) groups is 1. The maximum absolute atomic E-state index is 11.5. The largest absolute Gasteiger partial charge is 0.395 e. The summed E-state index contributed by atoms with van der Waals surface area (Å²) in [6.07, 6.45) is 1.33. The molecule has 7 heteroatoms. The van der Waals surface area contributed by atoms with Gasteiger partial charge >= 0.3 is 6.03 Å². The first-order chi connectivity index (χ1) is 7.27. The summed E-state index contributed by atoms with van der Waals surface area (Å²) in [7, 11) is 0. The molecule has 0 fully saturated rings. The molecule has 0 saturated heterocycles. The number of urea groups is 1. The van der Waals surface area contributed by atoms with E-state index in [4.69, 9.17) is 10.2 Å². The van der Waals surface area contributed by atoms with Crippen molar-refractivity contribution in [1.82, 2.24) is 10.1 Å². The normalized spacial score (nSPS) is 10.0. The van der Waals surface area contributed by atoms with Crippen LogP contribution < -0.4 is 5.32 Å². The van der Waals surface area contributed by atoms with Crippen LogP contribution in [0, 0.1) is 0 Å². The first kappa shape index (κ1) is 11.5. The van der Waals surface area contributed by atoms with E-state index in [1.807, 2.05) is 0 Å². The Bertz CT molecular complexity index is 282. The Balaban J connectivity index is 2.48. The molecule has 1 aromatic rings. The van der Waals surface area contributed by atoms with E-state index in [0.29, 0.717) is 5.82 Å².